The first-order valence-corrected chi connectivity index (χ1v) is 11.1. The molecule has 2 N–H and O–H groups in total. The predicted octanol–water partition coefficient (Wildman–Crippen LogP) is 4.82. The number of carbonyl (C=O) groups is 4. The van der Waals surface area contributed by atoms with E-state index in [1.165, 1.54) is 60.7 Å². The summed E-state index contributed by atoms with van der Waals surface area (Å²) in [5.41, 5.74) is 0.683. The first-order chi connectivity index (χ1) is 17.2. The smallest absolute Gasteiger partial charge is 0.335 e. The molecule has 182 valence electrons. The van der Waals surface area contributed by atoms with Gasteiger partial charge in [0, 0.05) is 10.7 Å². The van der Waals surface area contributed by atoms with Crippen LogP contribution >= 0.6 is 23.2 Å². The molecule has 1 heterocycles. The first-order valence-electron chi connectivity index (χ1n) is 10.4. The zero-order chi connectivity index (χ0) is 25.8. The van der Waals surface area contributed by atoms with Gasteiger partial charge in [-0.05, 0) is 66.2 Å². The van der Waals surface area contributed by atoms with Crippen LogP contribution in [-0.2, 0) is 14.4 Å². The van der Waals surface area contributed by atoms with Crippen molar-refractivity contribution in [1.82, 2.24) is 5.32 Å². The summed E-state index contributed by atoms with van der Waals surface area (Å²) in [4.78, 5) is 50.5. The second-order valence-corrected chi connectivity index (χ2v) is 8.31. The lowest BCUT2D eigenvalue weighted by molar-refractivity contribution is -0.122. The Morgan fingerprint density at radius 2 is 1.78 bits per heavy atom. The molecule has 0 unspecified atom stereocenters. The number of carbonyl (C=O) groups excluding carboxylic acids is 4. The average Bonchev–Trinajstić information content (AvgIpc) is 2.82. The van der Waals surface area contributed by atoms with Crippen LogP contribution < -0.4 is 20.3 Å². The molecule has 5 amide bonds. The maximum absolute atomic E-state index is 13.0. The summed E-state index contributed by atoms with van der Waals surface area (Å²) in [6.07, 6.45) is 1.28. The lowest BCUT2D eigenvalue weighted by Gasteiger charge is -2.26. The van der Waals surface area contributed by atoms with Crippen LogP contribution in [0.3, 0.4) is 0 Å². The standard InChI is InChI=1S/C25H16Cl2FN3O5/c26-15-2-1-3-18(12-15)31-24(34)19(23(33)30-25(31)35)10-14-4-9-21(20(27)11-14)36-13-22(32)29-17-7-5-16(28)6-8-17/h1-12H,13H2,(H,29,32)(H,30,33,35)/b19-10+. The summed E-state index contributed by atoms with van der Waals surface area (Å²) in [6.45, 7) is -0.366. The molecule has 0 bridgehead atoms. The van der Waals surface area contributed by atoms with Gasteiger partial charge in [0.15, 0.2) is 6.61 Å². The van der Waals surface area contributed by atoms with E-state index in [1.54, 1.807) is 12.1 Å². The average molecular weight is 528 g/mol. The van der Waals surface area contributed by atoms with Crippen LogP contribution in [0, 0.1) is 5.82 Å². The second-order valence-electron chi connectivity index (χ2n) is 7.47. The van der Waals surface area contributed by atoms with E-state index in [4.69, 9.17) is 27.9 Å². The predicted molar refractivity (Wildman–Crippen MR) is 132 cm³/mol. The summed E-state index contributed by atoms with van der Waals surface area (Å²) >= 11 is 12.2. The van der Waals surface area contributed by atoms with Gasteiger partial charge in [0.1, 0.15) is 17.1 Å². The van der Waals surface area contributed by atoms with Crippen LogP contribution in [0.15, 0.2) is 72.3 Å². The molecule has 1 saturated heterocycles. The topological polar surface area (TPSA) is 105 Å². The van der Waals surface area contributed by atoms with Gasteiger partial charge in [-0.15, -0.1) is 0 Å². The third-order valence-electron chi connectivity index (χ3n) is 4.92. The van der Waals surface area contributed by atoms with Crippen LogP contribution in [0.2, 0.25) is 10.0 Å². The molecular formula is C25H16Cl2FN3O5. The van der Waals surface area contributed by atoms with E-state index in [9.17, 15) is 23.6 Å². The number of rotatable bonds is 6. The van der Waals surface area contributed by atoms with Crippen molar-refractivity contribution in [2.45, 2.75) is 0 Å². The van der Waals surface area contributed by atoms with Crippen molar-refractivity contribution in [3.63, 3.8) is 0 Å². The summed E-state index contributed by atoms with van der Waals surface area (Å²) in [7, 11) is 0. The van der Waals surface area contributed by atoms with Gasteiger partial charge >= 0.3 is 6.03 Å². The molecular weight excluding hydrogens is 512 g/mol. The summed E-state index contributed by atoms with van der Waals surface area (Å²) in [5.74, 6) is -2.43. The zero-order valence-corrected chi connectivity index (χ0v) is 19.8. The number of ether oxygens (including phenoxy) is 1. The molecule has 0 aliphatic carbocycles. The van der Waals surface area contributed by atoms with Crippen LogP contribution in [0.4, 0.5) is 20.6 Å². The zero-order valence-electron chi connectivity index (χ0n) is 18.3. The van der Waals surface area contributed by atoms with Crippen molar-refractivity contribution in [3.8, 4) is 5.75 Å². The lowest BCUT2D eigenvalue weighted by Crippen LogP contribution is -2.54. The Balaban J connectivity index is 1.47. The number of benzene rings is 3. The number of nitrogens with zero attached hydrogens (tertiary/aromatic N) is 1. The number of anilines is 2. The Hall–Kier alpha value is -4.21. The van der Waals surface area contributed by atoms with Gasteiger partial charge in [0.05, 0.1) is 10.7 Å². The Morgan fingerprint density at radius 3 is 2.47 bits per heavy atom. The van der Waals surface area contributed by atoms with Gasteiger partial charge in [-0.3, -0.25) is 19.7 Å². The molecule has 1 fully saturated rings. The number of halogens is 3. The van der Waals surface area contributed by atoms with E-state index in [1.807, 2.05) is 0 Å². The molecule has 0 radical (unpaired) electrons. The molecule has 36 heavy (non-hydrogen) atoms. The van der Waals surface area contributed by atoms with E-state index in [0.29, 0.717) is 16.3 Å². The molecule has 1 aliphatic rings. The van der Waals surface area contributed by atoms with Crippen LogP contribution in [0.25, 0.3) is 6.08 Å². The number of barbiturate groups is 1. The highest BCUT2D eigenvalue weighted by atomic mass is 35.5. The molecule has 0 atom stereocenters. The van der Waals surface area contributed by atoms with Crippen molar-refractivity contribution in [2.75, 3.05) is 16.8 Å². The normalized spacial score (nSPS) is 14.6. The number of amides is 5. The fraction of sp³-hybridized carbons (Fsp3) is 0.0400. The van der Waals surface area contributed by atoms with Crippen molar-refractivity contribution < 1.29 is 28.3 Å². The second kappa shape index (κ2) is 10.6. The number of hydrogen-bond donors (Lipinski definition) is 2. The van der Waals surface area contributed by atoms with E-state index in [2.05, 4.69) is 10.6 Å². The molecule has 0 aromatic heterocycles. The van der Waals surface area contributed by atoms with Crippen molar-refractivity contribution in [3.05, 3.63) is 93.7 Å². The fourth-order valence-corrected chi connectivity index (χ4v) is 3.70. The largest absolute Gasteiger partial charge is 0.482 e. The Morgan fingerprint density at radius 1 is 1.03 bits per heavy atom. The minimum atomic E-state index is -0.898. The maximum Gasteiger partial charge on any atom is 0.335 e. The first kappa shape index (κ1) is 24.9. The van der Waals surface area contributed by atoms with E-state index >= 15 is 0 Å². The Bertz CT molecular complexity index is 1410. The Labute approximate surface area is 214 Å². The van der Waals surface area contributed by atoms with Gasteiger partial charge in [-0.25, -0.2) is 14.1 Å². The van der Waals surface area contributed by atoms with Crippen molar-refractivity contribution in [2.24, 2.45) is 0 Å². The lowest BCUT2D eigenvalue weighted by atomic mass is 10.1. The summed E-state index contributed by atoms with van der Waals surface area (Å²) in [5, 5.41) is 5.10. The fourth-order valence-electron chi connectivity index (χ4n) is 3.27. The summed E-state index contributed by atoms with van der Waals surface area (Å²) < 4.78 is 18.4. The number of imide groups is 2. The van der Waals surface area contributed by atoms with Gasteiger partial charge in [0.25, 0.3) is 17.7 Å². The highest BCUT2D eigenvalue weighted by molar-refractivity contribution is 6.39. The quantitative estimate of drug-likeness (QED) is 0.353. The Kier molecular flexibility index (Phi) is 7.33. The number of nitrogens with one attached hydrogen (secondary N) is 2. The third kappa shape index (κ3) is 5.70. The third-order valence-corrected chi connectivity index (χ3v) is 5.45. The molecule has 3 aromatic rings. The van der Waals surface area contributed by atoms with Gasteiger partial charge in [-0.1, -0.05) is 35.3 Å². The van der Waals surface area contributed by atoms with Gasteiger partial charge < -0.3 is 10.1 Å². The molecule has 0 saturated carbocycles. The van der Waals surface area contributed by atoms with Crippen LogP contribution in [-0.4, -0.2) is 30.4 Å². The van der Waals surface area contributed by atoms with Crippen molar-refractivity contribution >= 4 is 64.4 Å². The summed E-state index contributed by atoms with van der Waals surface area (Å²) in [6, 6.07) is 14.8. The van der Waals surface area contributed by atoms with Gasteiger partial charge in [-0.2, -0.15) is 0 Å². The molecule has 1 aliphatic heterocycles. The monoisotopic (exact) mass is 527 g/mol. The number of hydrogen-bond acceptors (Lipinski definition) is 5. The molecule has 8 nitrogen and oxygen atoms in total. The minimum absolute atomic E-state index is 0.116. The van der Waals surface area contributed by atoms with Gasteiger partial charge in [0.2, 0.25) is 0 Å². The maximum atomic E-state index is 13.0. The van der Waals surface area contributed by atoms with Crippen LogP contribution in [0.1, 0.15) is 5.56 Å². The SMILES string of the molecule is O=C(COc1ccc(/C=C2\C(=O)NC(=O)N(c3cccc(Cl)c3)C2=O)cc1Cl)Nc1ccc(F)cc1. The molecule has 11 heteroatoms. The van der Waals surface area contributed by atoms with Crippen molar-refractivity contribution in [1.29, 1.82) is 0 Å². The molecule has 4 rings (SSSR count). The highest BCUT2D eigenvalue weighted by Gasteiger charge is 2.36. The highest BCUT2D eigenvalue weighted by Crippen LogP contribution is 2.28. The number of urea groups is 1. The van der Waals surface area contributed by atoms with E-state index < -0.39 is 29.6 Å². The molecule has 3 aromatic carbocycles. The molecule has 0 spiro atoms. The van der Waals surface area contributed by atoms with Crippen LogP contribution in [0.5, 0.6) is 5.75 Å². The van der Waals surface area contributed by atoms with E-state index in [0.717, 1.165) is 4.90 Å². The van der Waals surface area contributed by atoms with E-state index in [-0.39, 0.29) is 28.6 Å². The minimum Gasteiger partial charge on any atom is -0.482 e.